The molecule has 0 aromatic rings. The summed E-state index contributed by atoms with van der Waals surface area (Å²) in [5.41, 5.74) is 0. The minimum Gasteiger partial charge on any atom is -0.412 e. The number of aliphatic hydroxyl groups is 2. The zero-order valence-corrected chi connectivity index (χ0v) is 9.19. The van der Waals surface area contributed by atoms with Gasteiger partial charge in [0, 0.05) is 0 Å². The van der Waals surface area contributed by atoms with Gasteiger partial charge in [0.15, 0.2) is 0 Å². The van der Waals surface area contributed by atoms with Gasteiger partial charge in [-0.1, -0.05) is 13.8 Å². The van der Waals surface area contributed by atoms with Crippen LogP contribution >= 0.6 is 0 Å². The molecule has 90 valence electrons. The molecule has 0 aromatic heterocycles. The highest BCUT2D eigenvalue weighted by atomic mass is 16.3. The van der Waals surface area contributed by atoms with Gasteiger partial charge in [-0.25, -0.2) is 9.59 Å². The van der Waals surface area contributed by atoms with Crippen LogP contribution < -0.4 is 0 Å². The van der Waals surface area contributed by atoms with Crippen LogP contribution in [0, 0.1) is 0 Å². The molecule has 0 saturated heterocycles. The van der Waals surface area contributed by atoms with Crippen LogP contribution in [-0.4, -0.2) is 40.8 Å². The quantitative estimate of drug-likeness (QED) is 0.637. The number of hydrogen-bond acceptors (Lipinski definition) is 4. The molecule has 0 unspecified atom stereocenters. The Bertz CT molecular complexity index is 147. The molecular weight excluding hydrogens is 200 g/mol. The van der Waals surface area contributed by atoms with Crippen molar-refractivity contribution >= 4 is 11.9 Å². The van der Waals surface area contributed by atoms with Crippen molar-refractivity contribution in [1.82, 2.24) is 0 Å². The van der Waals surface area contributed by atoms with Crippen molar-refractivity contribution < 1.29 is 25.3 Å². The molecule has 0 spiro atoms. The molecule has 0 fully saturated rings. The first-order chi connectivity index (χ1) is 6.74. The SMILES string of the molecule is CCC=C=O.CCC=C=O.O.OCCO. The summed E-state index contributed by atoms with van der Waals surface area (Å²) in [6.45, 7) is 3.54. The second-order valence-corrected chi connectivity index (χ2v) is 1.91. The molecule has 0 aliphatic heterocycles. The lowest BCUT2D eigenvalue weighted by molar-refractivity contribution is 0.186. The van der Waals surface area contributed by atoms with Crippen molar-refractivity contribution in [2.45, 2.75) is 26.7 Å². The molecule has 0 atom stereocenters. The summed E-state index contributed by atoms with van der Waals surface area (Å²) < 4.78 is 0. The van der Waals surface area contributed by atoms with Crippen LogP contribution in [0.25, 0.3) is 0 Å². The van der Waals surface area contributed by atoms with Gasteiger partial charge in [0.25, 0.3) is 0 Å². The highest BCUT2D eigenvalue weighted by molar-refractivity contribution is 5.44. The van der Waals surface area contributed by atoms with E-state index in [9.17, 15) is 9.59 Å². The van der Waals surface area contributed by atoms with E-state index in [4.69, 9.17) is 10.2 Å². The van der Waals surface area contributed by atoms with E-state index in [2.05, 4.69) is 0 Å². The standard InChI is InChI=1S/2C4H6O.C2H6O2.H2O/c2*1-2-3-4-5;3-1-2-4;/h2*3H,2H2,1H3;3-4H,1-2H2;1H2. The fraction of sp³-hybridized carbons (Fsp3) is 0.600. The van der Waals surface area contributed by atoms with Crippen LogP contribution in [0.4, 0.5) is 0 Å². The molecule has 15 heavy (non-hydrogen) atoms. The number of aliphatic hydroxyl groups excluding tert-OH is 2. The Hall–Kier alpha value is -1.22. The predicted octanol–water partition coefficient (Wildman–Crippen LogP) is -0.285. The van der Waals surface area contributed by atoms with Crippen molar-refractivity contribution in [1.29, 1.82) is 0 Å². The lowest BCUT2D eigenvalue weighted by atomic mass is 10.5. The number of rotatable bonds is 3. The Morgan fingerprint density at radius 3 is 1.20 bits per heavy atom. The molecular formula is C10H20O5. The Labute approximate surface area is 90.0 Å². The van der Waals surface area contributed by atoms with E-state index in [1.807, 2.05) is 13.8 Å². The second-order valence-electron chi connectivity index (χ2n) is 1.91. The first-order valence-electron chi connectivity index (χ1n) is 4.35. The summed E-state index contributed by atoms with van der Waals surface area (Å²) >= 11 is 0. The summed E-state index contributed by atoms with van der Waals surface area (Å²) in [5.74, 6) is 3.28. The molecule has 0 aliphatic carbocycles. The maximum Gasteiger partial charge on any atom is 0.120 e. The van der Waals surface area contributed by atoms with E-state index in [0.717, 1.165) is 12.8 Å². The largest absolute Gasteiger partial charge is 0.412 e. The first kappa shape index (κ1) is 23.5. The van der Waals surface area contributed by atoms with Gasteiger partial charge in [0.1, 0.15) is 11.9 Å². The van der Waals surface area contributed by atoms with Crippen LogP contribution in [0.5, 0.6) is 0 Å². The van der Waals surface area contributed by atoms with Gasteiger partial charge in [0.05, 0.1) is 13.2 Å². The summed E-state index contributed by atoms with van der Waals surface area (Å²) in [4.78, 5) is 18.4. The van der Waals surface area contributed by atoms with Gasteiger partial charge in [-0.2, -0.15) is 0 Å². The third-order valence-electron chi connectivity index (χ3n) is 0.675. The molecule has 0 amide bonds. The Morgan fingerprint density at radius 1 is 0.933 bits per heavy atom. The molecule has 4 N–H and O–H groups in total. The molecule has 0 heterocycles. The highest BCUT2D eigenvalue weighted by Crippen LogP contribution is 1.65. The molecule has 0 radical (unpaired) electrons. The topological polar surface area (TPSA) is 106 Å². The summed E-state index contributed by atoms with van der Waals surface area (Å²) in [6, 6.07) is 0. The Balaban J connectivity index is -0.0000000590. The predicted molar refractivity (Wildman–Crippen MR) is 58.9 cm³/mol. The molecule has 0 aromatic carbocycles. The average Bonchev–Trinajstić information content (AvgIpc) is 2.22. The van der Waals surface area contributed by atoms with E-state index in [0.29, 0.717) is 0 Å². The third kappa shape index (κ3) is 104. The first-order valence-corrected chi connectivity index (χ1v) is 4.35. The van der Waals surface area contributed by atoms with Gasteiger partial charge in [0.2, 0.25) is 0 Å². The van der Waals surface area contributed by atoms with Crippen LogP contribution in [0.2, 0.25) is 0 Å². The van der Waals surface area contributed by atoms with Gasteiger partial charge in [-0.3, -0.25) is 0 Å². The van der Waals surface area contributed by atoms with E-state index in [1.54, 1.807) is 11.9 Å². The zero-order chi connectivity index (χ0) is 11.7. The fourth-order valence-corrected chi connectivity index (χ4v) is 0.167. The Kier molecular flexibility index (Phi) is 60.5. The molecule has 5 heteroatoms. The minimum absolute atomic E-state index is 0. The van der Waals surface area contributed by atoms with Gasteiger partial charge in [-0.05, 0) is 25.0 Å². The van der Waals surface area contributed by atoms with E-state index < -0.39 is 0 Å². The molecule has 5 nitrogen and oxygen atoms in total. The highest BCUT2D eigenvalue weighted by Gasteiger charge is 1.58. The van der Waals surface area contributed by atoms with E-state index in [1.165, 1.54) is 12.2 Å². The van der Waals surface area contributed by atoms with Crippen LogP contribution in [-0.2, 0) is 9.59 Å². The van der Waals surface area contributed by atoms with Crippen molar-refractivity contribution in [2.24, 2.45) is 0 Å². The fourth-order valence-electron chi connectivity index (χ4n) is 0.167. The van der Waals surface area contributed by atoms with Crippen LogP contribution in [0.3, 0.4) is 0 Å². The summed E-state index contributed by atoms with van der Waals surface area (Å²) in [5, 5.41) is 15.2. The zero-order valence-electron chi connectivity index (χ0n) is 9.19. The van der Waals surface area contributed by atoms with Crippen molar-refractivity contribution in [3.8, 4) is 0 Å². The van der Waals surface area contributed by atoms with E-state index in [-0.39, 0.29) is 18.7 Å². The summed E-state index contributed by atoms with van der Waals surface area (Å²) in [7, 11) is 0. The Morgan fingerprint density at radius 2 is 1.20 bits per heavy atom. The monoisotopic (exact) mass is 220 g/mol. The molecule has 0 rings (SSSR count). The second kappa shape index (κ2) is 38.6. The lowest BCUT2D eigenvalue weighted by Gasteiger charge is -1.70. The number of hydrogen-bond donors (Lipinski definition) is 2. The average molecular weight is 220 g/mol. The van der Waals surface area contributed by atoms with Crippen molar-refractivity contribution in [3.63, 3.8) is 0 Å². The van der Waals surface area contributed by atoms with Crippen LogP contribution in [0.15, 0.2) is 12.2 Å². The van der Waals surface area contributed by atoms with E-state index >= 15 is 0 Å². The normalized spacial score (nSPS) is 5.87. The molecule has 0 saturated carbocycles. The molecule has 0 aliphatic rings. The van der Waals surface area contributed by atoms with Crippen molar-refractivity contribution in [3.05, 3.63) is 12.2 Å². The summed E-state index contributed by atoms with van der Waals surface area (Å²) in [6.07, 6.45) is 4.48. The lowest BCUT2D eigenvalue weighted by Crippen LogP contribution is -1.85. The number of carbonyl (C=O) groups excluding carboxylic acids is 2. The minimum atomic E-state index is -0.125. The third-order valence-corrected chi connectivity index (χ3v) is 0.675. The maximum atomic E-state index is 9.22. The number of allylic oxidation sites excluding steroid dienone is 2. The van der Waals surface area contributed by atoms with Gasteiger partial charge in [-0.15, -0.1) is 0 Å². The van der Waals surface area contributed by atoms with Crippen LogP contribution in [0.1, 0.15) is 26.7 Å². The maximum absolute atomic E-state index is 9.22. The smallest absolute Gasteiger partial charge is 0.120 e. The van der Waals surface area contributed by atoms with Gasteiger partial charge >= 0.3 is 0 Å². The van der Waals surface area contributed by atoms with Crippen molar-refractivity contribution in [2.75, 3.05) is 13.2 Å². The molecule has 0 bridgehead atoms. The van der Waals surface area contributed by atoms with Gasteiger partial charge < -0.3 is 15.7 Å².